The predicted octanol–water partition coefficient (Wildman–Crippen LogP) is 1.59. The van der Waals surface area contributed by atoms with Crippen molar-refractivity contribution in [1.82, 2.24) is 4.72 Å². The van der Waals surface area contributed by atoms with Crippen molar-refractivity contribution in [3.63, 3.8) is 0 Å². The average Bonchev–Trinajstić information content (AvgIpc) is 2.36. The lowest BCUT2D eigenvalue weighted by molar-refractivity contribution is 0.153. The van der Waals surface area contributed by atoms with Gasteiger partial charge in [-0.15, -0.1) is 0 Å². The molecule has 2 N–H and O–H groups in total. The number of benzene rings is 1. The number of hydrogen-bond donors (Lipinski definition) is 2. The van der Waals surface area contributed by atoms with Crippen molar-refractivity contribution >= 4 is 15.7 Å². The topological polar surface area (TPSA) is 58.2 Å². The quantitative estimate of drug-likeness (QED) is 0.878. The van der Waals surface area contributed by atoms with Gasteiger partial charge in [0.25, 0.3) is 6.43 Å². The highest BCUT2D eigenvalue weighted by atomic mass is 32.2. The van der Waals surface area contributed by atoms with Crippen LogP contribution in [0, 0.1) is 0 Å². The molecule has 0 saturated heterocycles. The minimum Gasteiger partial charge on any atom is -0.385 e. The van der Waals surface area contributed by atoms with E-state index < -0.39 is 23.0 Å². The molecule has 0 amide bonds. The summed E-state index contributed by atoms with van der Waals surface area (Å²) >= 11 is 0. The van der Waals surface area contributed by atoms with Gasteiger partial charge in [-0.1, -0.05) is 0 Å². The third-order valence-electron chi connectivity index (χ3n) is 2.75. The van der Waals surface area contributed by atoms with Crippen LogP contribution in [0.3, 0.4) is 0 Å². The van der Waals surface area contributed by atoms with Crippen LogP contribution in [0.5, 0.6) is 0 Å². The molecule has 1 aromatic carbocycles. The standard InChI is InChI=1S/C11H14F2N2O2S/c12-11(13)7-15-18(16,17)9-3-4-10-8(6-9)2-1-5-14-10/h3-4,6,11,14-15H,1-2,5,7H2. The largest absolute Gasteiger partial charge is 0.385 e. The molecule has 0 atom stereocenters. The number of alkyl halides is 2. The summed E-state index contributed by atoms with van der Waals surface area (Å²) in [4.78, 5) is 0.0330. The zero-order valence-electron chi connectivity index (χ0n) is 9.62. The minimum atomic E-state index is -3.85. The van der Waals surface area contributed by atoms with Gasteiger partial charge in [0.15, 0.2) is 0 Å². The molecule has 0 radical (unpaired) electrons. The maximum atomic E-state index is 12.0. The molecule has 18 heavy (non-hydrogen) atoms. The van der Waals surface area contributed by atoms with E-state index in [1.807, 2.05) is 4.72 Å². The first kappa shape index (κ1) is 13.2. The first-order valence-electron chi connectivity index (χ1n) is 5.63. The van der Waals surface area contributed by atoms with E-state index in [1.165, 1.54) is 12.1 Å². The molecule has 0 unspecified atom stereocenters. The molecule has 1 heterocycles. The number of fused-ring (bicyclic) bond motifs is 1. The van der Waals surface area contributed by atoms with Crippen molar-refractivity contribution < 1.29 is 17.2 Å². The molecule has 4 nitrogen and oxygen atoms in total. The summed E-state index contributed by atoms with van der Waals surface area (Å²) in [6.45, 7) is 0.000394. The average molecular weight is 276 g/mol. The second kappa shape index (κ2) is 5.19. The number of aryl methyl sites for hydroxylation is 1. The summed E-state index contributed by atoms with van der Waals surface area (Å²) < 4.78 is 49.4. The lowest BCUT2D eigenvalue weighted by Gasteiger charge is -2.18. The van der Waals surface area contributed by atoms with Crippen molar-refractivity contribution in [2.24, 2.45) is 0 Å². The maximum absolute atomic E-state index is 12.0. The van der Waals surface area contributed by atoms with E-state index in [0.717, 1.165) is 30.6 Å². The van der Waals surface area contributed by atoms with Crippen molar-refractivity contribution in [3.8, 4) is 0 Å². The van der Waals surface area contributed by atoms with Gasteiger partial charge in [0.05, 0.1) is 11.4 Å². The summed E-state index contributed by atoms with van der Waals surface area (Å²) in [5.41, 5.74) is 1.82. The Morgan fingerprint density at radius 3 is 2.89 bits per heavy atom. The first-order chi connectivity index (χ1) is 8.49. The van der Waals surface area contributed by atoms with Crippen molar-refractivity contribution in [1.29, 1.82) is 0 Å². The lowest BCUT2D eigenvalue weighted by Crippen LogP contribution is -2.28. The second-order valence-corrected chi connectivity index (χ2v) is 5.86. The van der Waals surface area contributed by atoms with Gasteiger partial charge < -0.3 is 5.32 Å². The molecule has 0 fully saturated rings. The molecule has 0 aromatic heterocycles. The zero-order chi connectivity index (χ0) is 13.2. The summed E-state index contributed by atoms with van der Waals surface area (Å²) in [5, 5.41) is 3.16. The van der Waals surface area contributed by atoms with Gasteiger partial charge in [-0.25, -0.2) is 21.9 Å². The van der Waals surface area contributed by atoms with Crippen LogP contribution < -0.4 is 10.0 Å². The van der Waals surface area contributed by atoms with Gasteiger partial charge in [-0.05, 0) is 36.6 Å². The Bertz CT molecular complexity index is 532. The number of hydrogen-bond acceptors (Lipinski definition) is 3. The fourth-order valence-electron chi connectivity index (χ4n) is 1.87. The molecule has 1 aliphatic rings. The molecule has 2 rings (SSSR count). The highest BCUT2D eigenvalue weighted by Gasteiger charge is 2.18. The number of rotatable bonds is 4. The summed E-state index contributed by atoms with van der Waals surface area (Å²) in [7, 11) is -3.85. The zero-order valence-corrected chi connectivity index (χ0v) is 10.4. The van der Waals surface area contributed by atoms with Gasteiger partial charge in [-0.2, -0.15) is 0 Å². The highest BCUT2D eigenvalue weighted by Crippen LogP contribution is 2.24. The van der Waals surface area contributed by atoms with E-state index in [9.17, 15) is 17.2 Å². The van der Waals surface area contributed by atoms with E-state index in [-0.39, 0.29) is 4.90 Å². The molecular weight excluding hydrogens is 262 g/mol. The summed E-state index contributed by atoms with van der Waals surface area (Å²) in [5.74, 6) is 0. The number of sulfonamides is 1. The monoisotopic (exact) mass is 276 g/mol. The van der Waals surface area contributed by atoms with Gasteiger partial charge in [-0.3, -0.25) is 0 Å². The Labute approximate surface area is 104 Å². The van der Waals surface area contributed by atoms with Crippen molar-refractivity contribution in [2.45, 2.75) is 24.2 Å². The second-order valence-electron chi connectivity index (χ2n) is 4.09. The molecule has 7 heteroatoms. The van der Waals surface area contributed by atoms with Crippen LogP contribution in [0.2, 0.25) is 0 Å². The van der Waals surface area contributed by atoms with Gasteiger partial charge in [0.2, 0.25) is 10.0 Å². The van der Waals surface area contributed by atoms with Crippen LogP contribution in [0.25, 0.3) is 0 Å². The summed E-state index contributed by atoms with van der Waals surface area (Å²) in [6.07, 6.45) is -0.972. The Hall–Kier alpha value is -1.21. The normalized spacial score (nSPS) is 15.3. The number of anilines is 1. The Balaban J connectivity index is 2.22. The van der Waals surface area contributed by atoms with Crippen molar-refractivity contribution in [3.05, 3.63) is 23.8 Å². The Kier molecular flexibility index (Phi) is 3.82. The Morgan fingerprint density at radius 1 is 1.39 bits per heavy atom. The maximum Gasteiger partial charge on any atom is 0.251 e. The van der Waals surface area contributed by atoms with E-state index in [0.29, 0.717) is 0 Å². The number of nitrogens with one attached hydrogen (secondary N) is 2. The van der Waals surface area contributed by atoms with Gasteiger partial charge in [0.1, 0.15) is 0 Å². The van der Waals surface area contributed by atoms with Crippen LogP contribution in [0.1, 0.15) is 12.0 Å². The molecule has 0 aliphatic carbocycles. The molecule has 100 valence electrons. The SMILES string of the molecule is O=S(=O)(NCC(F)F)c1ccc2c(c1)CCCN2. The third-order valence-corrected chi connectivity index (χ3v) is 4.17. The van der Waals surface area contributed by atoms with E-state index in [2.05, 4.69) is 5.32 Å². The van der Waals surface area contributed by atoms with E-state index >= 15 is 0 Å². The summed E-state index contributed by atoms with van der Waals surface area (Å²) in [6, 6.07) is 4.63. The fourth-order valence-corrected chi connectivity index (χ4v) is 2.93. The molecule has 1 aliphatic heterocycles. The van der Waals surface area contributed by atoms with Crippen LogP contribution in [0.4, 0.5) is 14.5 Å². The van der Waals surface area contributed by atoms with Gasteiger partial charge >= 0.3 is 0 Å². The van der Waals surface area contributed by atoms with Crippen LogP contribution in [-0.4, -0.2) is 27.9 Å². The first-order valence-corrected chi connectivity index (χ1v) is 7.12. The smallest absolute Gasteiger partial charge is 0.251 e. The minimum absolute atomic E-state index is 0.0330. The molecule has 0 saturated carbocycles. The van der Waals surface area contributed by atoms with Crippen LogP contribution >= 0.6 is 0 Å². The van der Waals surface area contributed by atoms with Crippen LogP contribution in [0.15, 0.2) is 23.1 Å². The molecule has 1 aromatic rings. The highest BCUT2D eigenvalue weighted by molar-refractivity contribution is 7.89. The number of halogens is 2. The van der Waals surface area contributed by atoms with E-state index in [4.69, 9.17) is 0 Å². The lowest BCUT2D eigenvalue weighted by atomic mass is 10.0. The van der Waals surface area contributed by atoms with Gasteiger partial charge in [0, 0.05) is 12.2 Å². The van der Waals surface area contributed by atoms with E-state index in [1.54, 1.807) is 6.07 Å². The van der Waals surface area contributed by atoms with Crippen LogP contribution in [-0.2, 0) is 16.4 Å². The fraction of sp³-hybridized carbons (Fsp3) is 0.455. The molecule has 0 bridgehead atoms. The predicted molar refractivity (Wildman–Crippen MR) is 64.4 cm³/mol. The molecule has 0 spiro atoms. The van der Waals surface area contributed by atoms with Crippen molar-refractivity contribution in [2.75, 3.05) is 18.4 Å². The Morgan fingerprint density at radius 2 is 2.17 bits per heavy atom. The molecular formula is C11H14F2N2O2S. The third kappa shape index (κ3) is 2.97.